The number of esters is 1. The number of carbonyl (C=O) groups excluding carboxylic acids is 1. The molecule has 0 radical (unpaired) electrons. The van der Waals surface area contributed by atoms with Crippen molar-refractivity contribution in [2.24, 2.45) is 0 Å². The SMILES string of the molecule is CCC(=O)Oc1cccc(C(F)(F)F)c1COc1cc(C)c(CC)cc1C. The zero-order valence-corrected chi connectivity index (χ0v) is 15.9. The molecule has 2 aromatic carbocycles. The summed E-state index contributed by atoms with van der Waals surface area (Å²) in [4.78, 5) is 11.6. The Bertz CT molecular complexity index is 826. The van der Waals surface area contributed by atoms with E-state index < -0.39 is 17.7 Å². The van der Waals surface area contributed by atoms with Crippen molar-refractivity contribution in [3.63, 3.8) is 0 Å². The summed E-state index contributed by atoms with van der Waals surface area (Å²) in [6.07, 6.45) is -3.65. The van der Waals surface area contributed by atoms with Crippen LogP contribution in [0, 0.1) is 13.8 Å². The van der Waals surface area contributed by atoms with E-state index in [0.29, 0.717) is 5.75 Å². The fraction of sp³-hybridized carbons (Fsp3) is 0.381. The van der Waals surface area contributed by atoms with Crippen LogP contribution in [0.4, 0.5) is 13.2 Å². The summed E-state index contributed by atoms with van der Waals surface area (Å²) in [5.74, 6) is -0.222. The quantitative estimate of drug-likeness (QED) is 0.471. The Hall–Kier alpha value is -2.50. The predicted octanol–water partition coefficient (Wildman–Crippen LogP) is 5.78. The van der Waals surface area contributed by atoms with E-state index in [1.807, 2.05) is 32.9 Å². The third kappa shape index (κ3) is 5.02. The van der Waals surface area contributed by atoms with Gasteiger partial charge in [0.2, 0.25) is 0 Å². The fourth-order valence-electron chi connectivity index (χ4n) is 2.81. The first kappa shape index (κ1) is 20.8. The molecule has 0 bridgehead atoms. The monoisotopic (exact) mass is 380 g/mol. The largest absolute Gasteiger partial charge is 0.488 e. The molecule has 2 aromatic rings. The van der Waals surface area contributed by atoms with Crippen LogP contribution in [0.2, 0.25) is 0 Å². The average Bonchev–Trinajstić information content (AvgIpc) is 2.61. The number of halogens is 3. The molecule has 0 fully saturated rings. The van der Waals surface area contributed by atoms with Crippen molar-refractivity contribution in [3.05, 3.63) is 58.1 Å². The van der Waals surface area contributed by atoms with Crippen LogP contribution in [0.1, 0.15) is 48.1 Å². The van der Waals surface area contributed by atoms with Crippen molar-refractivity contribution in [2.45, 2.75) is 53.3 Å². The lowest BCUT2D eigenvalue weighted by atomic mass is 10.0. The number of rotatable bonds is 6. The second-order valence-electron chi connectivity index (χ2n) is 6.29. The maximum absolute atomic E-state index is 13.4. The molecule has 0 unspecified atom stereocenters. The topological polar surface area (TPSA) is 35.5 Å². The van der Waals surface area contributed by atoms with Crippen LogP contribution in [0.5, 0.6) is 11.5 Å². The molecule has 0 saturated carbocycles. The molecule has 3 nitrogen and oxygen atoms in total. The highest BCUT2D eigenvalue weighted by Crippen LogP contribution is 2.37. The van der Waals surface area contributed by atoms with E-state index in [1.54, 1.807) is 6.92 Å². The van der Waals surface area contributed by atoms with E-state index in [2.05, 4.69) is 0 Å². The molecule has 6 heteroatoms. The summed E-state index contributed by atoms with van der Waals surface area (Å²) >= 11 is 0. The molecule has 0 spiro atoms. The molecule has 146 valence electrons. The Kier molecular flexibility index (Phi) is 6.52. The molecule has 0 aromatic heterocycles. The first-order valence-electron chi connectivity index (χ1n) is 8.80. The Morgan fingerprint density at radius 1 is 1.04 bits per heavy atom. The van der Waals surface area contributed by atoms with E-state index >= 15 is 0 Å². The van der Waals surface area contributed by atoms with Crippen LogP contribution in [-0.2, 0) is 24.0 Å². The lowest BCUT2D eigenvalue weighted by Crippen LogP contribution is -2.15. The van der Waals surface area contributed by atoms with Gasteiger partial charge >= 0.3 is 12.1 Å². The summed E-state index contributed by atoms with van der Waals surface area (Å²) in [5.41, 5.74) is 1.95. The molecule has 0 amide bonds. The highest BCUT2D eigenvalue weighted by molar-refractivity contribution is 5.72. The second kappa shape index (κ2) is 8.46. The Balaban J connectivity index is 2.39. The third-order valence-corrected chi connectivity index (χ3v) is 4.34. The van der Waals surface area contributed by atoms with Gasteiger partial charge in [0.25, 0.3) is 0 Å². The lowest BCUT2D eigenvalue weighted by Gasteiger charge is -2.18. The summed E-state index contributed by atoms with van der Waals surface area (Å²) in [6.45, 7) is 7.04. The van der Waals surface area contributed by atoms with Crippen LogP contribution < -0.4 is 9.47 Å². The maximum atomic E-state index is 13.4. The van der Waals surface area contributed by atoms with Gasteiger partial charge in [-0.25, -0.2) is 0 Å². The summed E-state index contributed by atoms with van der Waals surface area (Å²) in [7, 11) is 0. The normalized spacial score (nSPS) is 11.4. The number of aryl methyl sites for hydroxylation is 3. The van der Waals surface area contributed by atoms with Crippen molar-refractivity contribution >= 4 is 5.97 Å². The molecule has 0 aliphatic heterocycles. The van der Waals surface area contributed by atoms with Crippen molar-refractivity contribution in [2.75, 3.05) is 0 Å². The summed E-state index contributed by atoms with van der Waals surface area (Å²) in [5, 5.41) is 0. The van der Waals surface area contributed by atoms with E-state index in [4.69, 9.17) is 9.47 Å². The molecule has 0 atom stereocenters. The van der Waals surface area contributed by atoms with Crippen LogP contribution in [0.3, 0.4) is 0 Å². The molecule has 0 saturated heterocycles. The zero-order chi connectivity index (χ0) is 20.2. The van der Waals surface area contributed by atoms with Crippen molar-refractivity contribution in [3.8, 4) is 11.5 Å². The number of carbonyl (C=O) groups is 1. The minimum atomic E-state index is -4.58. The van der Waals surface area contributed by atoms with Crippen LogP contribution >= 0.6 is 0 Å². The third-order valence-electron chi connectivity index (χ3n) is 4.34. The first-order valence-corrected chi connectivity index (χ1v) is 8.80. The molecular formula is C21H23F3O3. The maximum Gasteiger partial charge on any atom is 0.416 e. The molecule has 0 heterocycles. The molecule has 0 N–H and O–H groups in total. The number of alkyl halides is 3. The molecule has 27 heavy (non-hydrogen) atoms. The number of hydrogen-bond donors (Lipinski definition) is 0. The van der Waals surface area contributed by atoms with Crippen LogP contribution in [0.25, 0.3) is 0 Å². The summed E-state index contributed by atoms with van der Waals surface area (Å²) in [6, 6.07) is 7.32. The van der Waals surface area contributed by atoms with Gasteiger partial charge in [-0.2, -0.15) is 13.2 Å². The zero-order valence-electron chi connectivity index (χ0n) is 15.9. The molecular weight excluding hydrogens is 357 g/mol. The molecule has 0 aliphatic carbocycles. The summed E-state index contributed by atoms with van der Waals surface area (Å²) < 4.78 is 51.1. The minimum absolute atomic E-state index is 0.0628. The fourth-order valence-corrected chi connectivity index (χ4v) is 2.81. The van der Waals surface area contributed by atoms with Gasteiger partial charge in [0.1, 0.15) is 18.1 Å². The lowest BCUT2D eigenvalue weighted by molar-refractivity contribution is -0.140. The van der Waals surface area contributed by atoms with E-state index in [-0.39, 0.29) is 24.3 Å². The smallest absolute Gasteiger partial charge is 0.416 e. The highest BCUT2D eigenvalue weighted by Gasteiger charge is 2.35. The number of ether oxygens (including phenoxy) is 2. The minimum Gasteiger partial charge on any atom is -0.488 e. The van der Waals surface area contributed by atoms with E-state index in [0.717, 1.165) is 29.2 Å². The number of benzene rings is 2. The van der Waals surface area contributed by atoms with Crippen molar-refractivity contribution in [1.82, 2.24) is 0 Å². The number of hydrogen-bond acceptors (Lipinski definition) is 3. The van der Waals surface area contributed by atoms with Crippen molar-refractivity contribution < 1.29 is 27.4 Å². The second-order valence-corrected chi connectivity index (χ2v) is 6.29. The van der Waals surface area contributed by atoms with Gasteiger partial charge in [-0.3, -0.25) is 4.79 Å². The Labute approximate surface area is 157 Å². The first-order chi connectivity index (χ1) is 12.7. The van der Waals surface area contributed by atoms with Crippen LogP contribution in [-0.4, -0.2) is 5.97 Å². The van der Waals surface area contributed by atoms with Gasteiger partial charge in [-0.1, -0.05) is 26.0 Å². The average molecular weight is 380 g/mol. The standard InChI is InChI=1S/C21H23F3O3/c1-5-15-10-14(4)19(11-13(15)3)26-12-16-17(21(22,23)24)8-7-9-18(16)27-20(25)6-2/h7-11H,5-6,12H2,1-4H3. The highest BCUT2D eigenvalue weighted by atomic mass is 19.4. The van der Waals surface area contributed by atoms with E-state index in [1.165, 1.54) is 12.1 Å². The molecule has 2 rings (SSSR count). The van der Waals surface area contributed by atoms with E-state index in [9.17, 15) is 18.0 Å². The van der Waals surface area contributed by atoms with Crippen LogP contribution in [0.15, 0.2) is 30.3 Å². The van der Waals surface area contributed by atoms with Gasteiger partial charge in [-0.15, -0.1) is 0 Å². The van der Waals surface area contributed by atoms with Gasteiger partial charge < -0.3 is 9.47 Å². The Morgan fingerprint density at radius 2 is 1.74 bits per heavy atom. The van der Waals surface area contributed by atoms with Crippen molar-refractivity contribution in [1.29, 1.82) is 0 Å². The molecule has 0 aliphatic rings. The van der Waals surface area contributed by atoms with Gasteiger partial charge in [0, 0.05) is 12.0 Å². The Morgan fingerprint density at radius 3 is 2.33 bits per heavy atom. The van der Waals surface area contributed by atoms with Gasteiger partial charge in [0.15, 0.2) is 0 Å². The van der Waals surface area contributed by atoms with Gasteiger partial charge in [0.05, 0.1) is 5.56 Å². The predicted molar refractivity (Wildman–Crippen MR) is 97.0 cm³/mol. The van der Waals surface area contributed by atoms with Gasteiger partial charge in [-0.05, 0) is 55.2 Å².